The number of aliphatic carboxylic acids is 1. The van der Waals surface area contributed by atoms with Crippen molar-refractivity contribution in [3.8, 4) is 0 Å². The molecule has 2 fully saturated rings. The van der Waals surface area contributed by atoms with Crippen LogP contribution in [-0.4, -0.2) is 29.1 Å². The molecular weight excluding hydrogens is 296 g/mol. The van der Waals surface area contributed by atoms with Gasteiger partial charge in [-0.25, -0.2) is 0 Å². The van der Waals surface area contributed by atoms with Crippen molar-refractivity contribution < 1.29 is 14.8 Å². The lowest BCUT2D eigenvalue weighted by Crippen LogP contribution is -2.35. The topological polar surface area (TPSA) is 83.7 Å². The third-order valence-corrected chi connectivity index (χ3v) is 5.08. The third kappa shape index (κ3) is 2.05. The Kier molecular flexibility index (Phi) is 3.28. The maximum Gasteiger partial charge on any atom is 0.311 e. The lowest BCUT2D eigenvalue weighted by Gasteiger charge is -2.24. The minimum atomic E-state index is -0.804. The molecule has 1 aliphatic carbocycles. The number of rotatable bonds is 3. The maximum atomic E-state index is 11.7. The van der Waals surface area contributed by atoms with Crippen molar-refractivity contribution in [2.75, 3.05) is 18.0 Å². The summed E-state index contributed by atoms with van der Waals surface area (Å²) in [5.41, 5.74) is -0.505. The molecule has 0 amide bonds. The summed E-state index contributed by atoms with van der Waals surface area (Å²) in [6.07, 6.45) is 2.37. The number of para-hydroxylation sites is 1. The van der Waals surface area contributed by atoms with Gasteiger partial charge in [-0.15, -0.1) is 0 Å². The molecule has 0 radical (unpaired) electrons. The van der Waals surface area contributed by atoms with E-state index >= 15 is 0 Å². The summed E-state index contributed by atoms with van der Waals surface area (Å²) in [5, 5.41) is 21.1. The number of carboxylic acid groups (broad SMARTS) is 1. The van der Waals surface area contributed by atoms with Crippen LogP contribution in [0.25, 0.3) is 0 Å². The Hall–Kier alpha value is -1.82. The number of hydrogen-bond donors (Lipinski definition) is 1. The van der Waals surface area contributed by atoms with Crippen LogP contribution in [0.15, 0.2) is 18.2 Å². The minimum Gasteiger partial charge on any atom is -0.481 e. The summed E-state index contributed by atoms with van der Waals surface area (Å²) in [5.74, 6) is -0.770. The molecule has 1 aromatic carbocycles. The SMILES string of the molecule is O=C(O)[C@@]12CCC[C@H]1CN(c1c(Cl)cccc1[N+](=O)[O-])C2. The number of benzene rings is 1. The molecule has 0 unspecified atom stereocenters. The van der Waals surface area contributed by atoms with Gasteiger partial charge in [-0.3, -0.25) is 14.9 Å². The standard InChI is InChI=1S/C14H15ClN2O4/c15-10-4-1-5-11(17(20)21)12(10)16-7-9-3-2-6-14(9,8-16)13(18)19/h1,4-5,9H,2-3,6-8H2,(H,18,19)/t9-,14+/m0/s1. The number of carbonyl (C=O) groups is 1. The second kappa shape index (κ2) is 4.87. The Bertz CT molecular complexity index is 621. The van der Waals surface area contributed by atoms with Crippen LogP contribution in [0, 0.1) is 21.4 Å². The highest BCUT2D eigenvalue weighted by atomic mass is 35.5. The van der Waals surface area contributed by atoms with Gasteiger partial charge in [0.05, 0.1) is 15.4 Å². The Balaban J connectivity index is 2.01. The highest BCUT2D eigenvalue weighted by molar-refractivity contribution is 6.33. The second-order valence-corrected chi connectivity index (χ2v) is 6.20. The van der Waals surface area contributed by atoms with Gasteiger partial charge in [0.15, 0.2) is 0 Å². The molecule has 0 spiro atoms. The lowest BCUT2D eigenvalue weighted by atomic mass is 9.81. The van der Waals surface area contributed by atoms with Crippen LogP contribution in [-0.2, 0) is 4.79 Å². The number of fused-ring (bicyclic) bond motifs is 1. The molecule has 112 valence electrons. The Morgan fingerprint density at radius 1 is 1.52 bits per heavy atom. The molecule has 3 rings (SSSR count). The van der Waals surface area contributed by atoms with E-state index in [9.17, 15) is 20.0 Å². The zero-order valence-corrected chi connectivity index (χ0v) is 12.0. The van der Waals surface area contributed by atoms with Crippen LogP contribution in [0.5, 0.6) is 0 Å². The molecule has 1 saturated heterocycles. The van der Waals surface area contributed by atoms with Crippen LogP contribution in [0.3, 0.4) is 0 Å². The predicted octanol–water partition coefficient (Wildman–Crippen LogP) is 2.94. The van der Waals surface area contributed by atoms with Crippen LogP contribution in [0.2, 0.25) is 5.02 Å². The van der Waals surface area contributed by atoms with Gasteiger partial charge in [0.25, 0.3) is 5.69 Å². The van der Waals surface area contributed by atoms with Gasteiger partial charge in [0, 0.05) is 19.2 Å². The molecule has 1 saturated carbocycles. The summed E-state index contributed by atoms with van der Waals surface area (Å²) in [4.78, 5) is 24.2. The van der Waals surface area contributed by atoms with E-state index in [0.29, 0.717) is 23.7 Å². The molecule has 0 bridgehead atoms. The number of nitrogens with zero attached hydrogens (tertiary/aromatic N) is 2. The van der Waals surface area contributed by atoms with E-state index in [1.165, 1.54) is 12.1 Å². The van der Waals surface area contributed by atoms with Crippen molar-refractivity contribution in [3.63, 3.8) is 0 Å². The first-order valence-corrected chi connectivity index (χ1v) is 7.25. The number of nitro groups is 1. The van der Waals surface area contributed by atoms with Gasteiger partial charge >= 0.3 is 5.97 Å². The second-order valence-electron chi connectivity index (χ2n) is 5.80. The highest BCUT2D eigenvalue weighted by Gasteiger charge is 2.55. The molecular formula is C14H15ClN2O4. The van der Waals surface area contributed by atoms with E-state index in [-0.39, 0.29) is 18.2 Å². The fourth-order valence-electron chi connectivity index (χ4n) is 3.77. The Morgan fingerprint density at radius 3 is 2.90 bits per heavy atom. The molecule has 1 N–H and O–H groups in total. The minimum absolute atomic E-state index is 0.0332. The molecule has 1 aliphatic heterocycles. The van der Waals surface area contributed by atoms with Gasteiger partial charge in [0.2, 0.25) is 0 Å². The average molecular weight is 311 g/mol. The predicted molar refractivity (Wildman–Crippen MR) is 77.7 cm³/mol. The smallest absolute Gasteiger partial charge is 0.311 e. The summed E-state index contributed by atoms with van der Waals surface area (Å²) in [7, 11) is 0. The molecule has 2 atom stereocenters. The number of halogens is 1. The first-order valence-electron chi connectivity index (χ1n) is 6.87. The molecule has 2 aliphatic rings. The van der Waals surface area contributed by atoms with Gasteiger partial charge in [-0.1, -0.05) is 24.1 Å². The lowest BCUT2D eigenvalue weighted by molar-refractivity contribution is -0.384. The molecule has 21 heavy (non-hydrogen) atoms. The summed E-state index contributed by atoms with van der Waals surface area (Å²) < 4.78 is 0. The van der Waals surface area contributed by atoms with Crippen molar-refractivity contribution in [2.45, 2.75) is 19.3 Å². The molecule has 0 aromatic heterocycles. The maximum absolute atomic E-state index is 11.7. The fourth-order valence-corrected chi connectivity index (χ4v) is 4.06. The number of hydrogen-bond acceptors (Lipinski definition) is 4. The zero-order chi connectivity index (χ0) is 15.2. The van der Waals surface area contributed by atoms with Gasteiger partial charge in [-0.05, 0) is 24.8 Å². The molecule has 1 aromatic rings. The quantitative estimate of drug-likeness (QED) is 0.685. The normalized spacial score (nSPS) is 27.7. The van der Waals surface area contributed by atoms with E-state index < -0.39 is 16.3 Å². The van der Waals surface area contributed by atoms with Crippen LogP contribution in [0.1, 0.15) is 19.3 Å². The number of anilines is 1. The largest absolute Gasteiger partial charge is 0.481 e. The highest BCUT2D eigenvalue weighted by Crippen LogP contribution is 2.51. The third-order valence-electron chi connectivity index (χ3n) is 4.78. The van der Waals surface area contributed by atoms with E-state index in [4.69, 9.17) is 11.6 Å². The van der Waals surface area contributed by atoms with Crippen LogP contribution < -0.4 is 4.90 Å². The van der Waals surface area contributed by atoms with Gasteiger partial charge in [-0.2, -0.15) is 0 Å². The average Bonchev–Trinajstić information content (AvgIpc) is 2.95. The van der Waals surface area contributed by atoms with Crippen molar-refractivity contribution in [1.29, 1.82) is 0 Å². The fraction of sp³-hybridized carbons (Fsp3) is 0.500. The summed E-state index contributed by atoms with van der Waals surface area (Å²) in [6, 6.07) is 4.54. The first kappa shape index (κ1) is 14.1. The Morgan fingerprint density at radius 2 is 2.29 bits per heavy atom. The summed E-state index contributed by atoms with van der Waals surface area (Å²) >= 11 is 6.14. The van der Waals surface area contributed by atoms with Gasteiger partial charge in [0.1, 0.15) is 5.69 Å². The Labute approximate surface area is 126 Å². The zero-order valence-electron chi connectivity index (χ0n) is 11.3. The van der Waals surface area contributed by atoms with Crippen molar-refractivity contribution in [3.05, 3.63) is 33.3 Å². The molecule has 7 heteroatoms. The van der Waals surface area contributed by atoms with Crippen LogP contribution in [0.4, 0.5) is 11.4 Å². The van der Waals surface area contributed by atoms with E-state index in [1.54, 1.807) is 11.0 Å². The van der Waals surface area contributed by atoms with Crippen molar-refractivity contribution >= 4 is 28.9 Å². The number of carboxylic acids is 1. The first-order chi connectivity index (χ1) is 9.95. The van der Waals surface area contributed by atoms with Gasteiger partial charge < -0.3 is 10.0 Å². The van der Waals surface area contributed by atoms with Crippen molar-refractivity contribution in [1.82, 2.24) is 0 Å². The van der Waals surface area contributed by atoms with E-state index in [2.05, 4.69) is 0 Å². The summed E-state index contributed by atoms with van der Waals surface area (Å²) in [6.45, 7) is 0.800. The monoisotopic (exact) mass is 310 g/mol. The van der Waals surface area contributed by atoms with Crippen molar-refractivity contribution in [2.24, 2.45) is 11.3 Å². The van der Waals surface area contributed by atoms with E-state index in [0.717, 1.165) is 12.8 Å². The van der Waals surface area contributed by atoms with Crippen LogP contribution >= 0.6 is 11.6 Å². The number of nitro benzene ring substituents is 1. The molecule has 1 heterocycles. The molecule has 6 nitrogen and oxygen atoms in total. The van der Waals surface area contributed by atoms with E-state index in [1.807, 2.05) is 0 Å².